The molecule has 106 valence electrons. The number of aromatic hydroxyl groups is 1. The van der Waals surface area contributed by atoms with Gasteiger partial charge in [0, 0.05) is 16.1 Å². The van der Waals surface area contributed by atoms with E-state index in [0.29, 0.717) is 21.2 Å². The molecule has 0 aliphatic rings. The molecule has 0 aliphatic carbocycles. The van der Waals surface area contributed by atoms with E-state index in [9.17, 15) is 9.90 Å². The average molecular weight is 410 g/mol. The number of phenols is 1. The van der Waals surface area contributed by atoms with Crippen LogP contribution in [-0.2, 0) is 0 Å². The summed E-state index contributed by atoms with van der Waals surface area (Å²) < 4.78 is 7.38. The third-order valence-corrected chi connectivity index (χ3v) is 4.28. The van der Waals surface area contributed by atoms with Gasteiger partial charge < -0.3 is 9.52 Å². The Morgan fingerprint density at radius 1 is 1.10 bits per heavy atom. The van der Waals surface area contributed by atoms with E-state index < -0.39 is 0 Å². The van der Waals surface area contributed by atoms with Crippen molar-refractivity contribution in [3.05, 3.63) is 61.1 Å². The van der Waals surface area contributed by atoms with Gasteiger partial charge in [-0.05, 0) is 58.7 Å². The Hall–Kier alpha value is -1.59. The maximum absolute atomic E-state index is 12.3. The largest absolute Gasteiger partial charge is 0.508 e. The normalized spacial score (nSPS) is 11.0. The van der Waals surface area contributed by atoms with Gasteiger partial charge in [0.25, 0.3) is 0 Å². The molecular formula is C16H10Br2O3. The van der Waals surface area contributed by atoms with Crippen molar-refractivity contribution >= 4 is 42.8 Å². The van der Waals surface area contributed by atoms with Gasteiger partial charge in [-0.3, -0.25) is 4.79 Å². The van der Waals surface area contributed by atoms with Crippen LogP contribution in [0.4, 0.5) is 0 Å². The van der Waals surface area contributed by atoms with Crippen molar-refractivity contribution in [2.75, 3.05) is 0 Å². The highest BCUT2D eigenvalue weighted by atomic mass is 79.9. The van der Waals surface area contributed by atoms with Crippen LogP contribution >= 0.6 is 31.9 Å². The second-order valence-electron chi connectivity index (χ2n) is 4.74. The van der Waals surface area contributed by atoms with Gasteiger partial charge in [0.05, 0.1) is 9.86 Å². The molecule has 0 saturated carbocycles. The second-order valence-corrected chi connectivity index (χ2v) is 6.51. The lowest BCUT2D eigenvalue weighted by Gasteiger charge is -2.07. The van der Waals surface area contributed by atoms with E-state index in [-0.39, 0.29) is 11.2 Å². The first-order chi connectivity index (χ1) is 9.95. The molecule has 5 heteroatoms. The molecule has 21 heavy (non-hydrogen) atoms. The highest BCUT2D eigenvalue weighted by Gasteiger charge is 2.11. The first-order valence-corrected chi connectivity index (χ1v) is 7.77. The molecule has 0 saturated heterocycles. The van der Waals surface area contributed by atoms with Crippen LogP contribution in [0.15, 0.2) is 54.6 Å². The molecule has 2 aromatic carbocycles. The van der Waals surface area contributed by atoms with Crippen molar-refractivity contribution in [1.29, 1.82) is 0 Å². The molecule has 1 heterocycles. The Morgan fingerprint density at radius 3 is 2.57 bits per heavy atom. The summed E-state index contributed by atoms with van der Waals surface area (Å²) in [5.41, 5.74) is 1.87. The van der Waals surface area contributed by atoms with Crippen molar-refractivity contribution in [1.82, 2.24) is 0 Å². The predicted molar refractivity (Wildman–Crippen MR) is 89.7 cm³/mol. The number of hydrogen-bond acceptors (Lipinski definition) is 3. The summed E-state index contributed by atoms with van der Waals surface area (Å²) >= 11 is 6.77. The Labute approximate surface area is 137 Å². The van der Waals surface area contributed by atoms with Gasteiger partial charge in [0.15, 0.2) is 11.0 Å². The quantitative estimate of drug-likeness (QED) is 0.615. The minimum absolute atomic E-state index is 0.112. The van der Waals surface area contributed by atoms with Crippen molar-refractivity contribution in [2.45, 2.75) is 6.92 Å². The smallest absolute Gasteiger partial charge is 0.193 e. The predicted octanol–water partition coefficient (Wildman–Crippen LogP) is 5.00. The molecule has 0 amide bonds. The fourth-order valence-electron chi connectivity index (χ4n) is 2.13. The van der Waals surface area contributed by atoms with E-state index >= 15 is 0 Å². The highest BCUT2D eigenvalue weighted by Crippen LogP contribution is 2.31. The van der Waals surface area contributed by atoms with Crippen LogP contribution in [0.25, 0.3) is 22.3 Å². The summed E-state index contributed by atoms with van der Waals surface area (Å²) in [5.74, 6) is 0.686. The van der Waals surface area contributed by atoms with Crippen LogP contribution < -0.4 is 5.43 Å². The zero-order chi connectivity index (χ0) is 15.1. The topological polar surface area (TPSA) is 50.4 Å². The molecule has 3 aromatic rings. The molecule has 0 fully saturated rings. The molecule has 0 radical (unpaired) electrons. The third kappa shape index (κ3) is 2.63. The minimum atomic E-state index is -0.112. The fourth-order valence-corrected chi connectivity index (χ4v) is 3.44. The zero-order valence-corrected chi connectivity index (χ0v) is 14.2. The molecule has 1 N–H and O–H groups in total. The minimum Gasteiger partial charge on any atom is -0.508 e. The summed E-state index contributed by atoms with van der Waals surface area (Å²) in [6.07, 6.45) is 0. The van der Waals surface area contributed by atoms with Crippen molar-refractivity contribution < 1.29 is 9.52 Å². The zero-order valence-electron chi connectivity index (χ0n) is 11.0. The van der Waals surface area contributed by atoms with Crippen LogP contribution in [0, 0.1) is 6.92 Å². The molecule has 0 spiro atoms. The fraction of sp³-hybridized carbons (Fsp3) is 0.0625. The highest BCUT2D eigenvalue weighted by molar-refractivity contribution is 9.11. The third-order valence-electron chi connectivity index (χ3n) is 3.23. The summed E-state index contributed by atoms with van der Waals surface area (Å²) in [7, 11) is 0. The van der Waals surface area contributed by atoms with E-state index in [2.05, 4.69) is 31.9 Å². The van der Waals surface area contributed by atoms with Crippen molar-refractivity contribution in [2.24, 2.45) is 0 Å². The van der Waals surface area contributed by atoms with Crippen LogP contribution in [0.2, 0.25) is 0 Å². The van der Waals surface area contributed by atoms with E-state index in [1.165, 1.54) is 6.07 Å². The van der Waals surface area contributed by atoms with Crippen LogP contribution in [0.3, 0.4) is 0 Å². The van der Waals surface area contributed by atoms with Crippen LogP contribution in [0.5, 0.6) is 5.75 Å². The molecule has 1 aromatic heterocycles. The summed E-state index contributed by atoms with van der Waals surface area (Å²) in [4.78, 5) is 12.3. The molecular weight excluding hydrogens is 400 g/mol. The first kappa shape index (κ1) is 14.4. The number of halogens is 2. The summed E-state index contributed by atoms with van der Waals surface area (Å²) in [5, 5.41) is 10.1. The van der Waals surface area contributed by atoms with E-state index in [0.717, 1.165) is 15.6 Å². The van der Waals surface area contributed by atoms with Gasteiger partial charge in [0.2, 0.25) is 0 Å². The number of aryl methyl sites for hydroxylation is 1. The van der Waals surface area contributed by atoms with Gasteiger partial charge in [-0.2, -0.15) is 0 Å². The summed E-state index contributed by atoms with van der Waals surface area (Å²) in [6.45, 7) is 1.80. The molecule has 3 rings (SSSR count). The Balaban J connectivity index is 2.30. The van der Waals surface area contributed by atoms with E-state index in [1.54, 1.807) is 31.2 Å². The molecule has 0 unspecified atom stereocenters. The number of hydrogen-bond donors (Lipinski definition) is 1. The maximum Gasteiger partial charge on any atom is 0.193 e. The van der Waals surface area contributed by atoms with Gasteiger partial charge in [-0.15, -0.1) is 0 Å². The SMILES string of the molecule is Cc1cc(-c2cc(=O)c3cc(Br)cc(Br)c3o2)ccc1O. The van der Waals surface area contributed by atoms with Gasteiger partial charge in [-0.25, -0.2) is 0 Å². The van der Waals surface area contributed by atoms with Crippen LogP contribution in [0.1, 0.15) is 5.56 Å². The maximum atomic E-state index is 12.3. The number of fused-ring (bicyclic) bond motifs is 1. The molecule has 0 aliphatic heterocycles. The number of phenolic OH excluding ortho intramolecular Hbond substituents is 1. The number of rotatable bonds is 1. The number of benzene rings is 2. The van der Waals surface area contributed by atoms with Gasteiger partial charge >= 0.3 is 0 Å². The lowest BCUT2D eigenvalue weighted by Crippen LogP contribution is -2.00. The second kappa shape index (κ2) is 5.31. The van der Waals surface area contributed by atoms with E-state index in [1.807, 2.05) is 6.07 Å². The lowest BCUT2D eigenvalue weighted by molar-refractivity contribution is 0.471. The van der Waals surface area contributed by atoms with Crippen LogP contribution in [-0.4, -0.2) is 5.11 Å². The lowest BCUT2D eigenvalue weighted by atomic mass is 10.1. The molecule has 3 nitrogen and oxygen atoms in total. The Morgan fingerprint density at radius 2 is 1.86 bits per heavy atom. The standard InChI is InChI=1S/C16H10Br2O3/c1-8-4-9(2-3-13(8)19)15-7-14(20)11-5-10(17)6-12(18)16(11)21-15/h2-7,19H,1H3. The molecule has 0 atom stereocenters. The monoisotopic (exact) mass is 408 g/mol. The van der Waals surface area contributed by atoms with Gasteiger partial charge in [-0.1, -0.05) is 15.9 Å². The average Bonchev–Trinajstić information content (AvgIpc) is 2.43. The first-order valence-electron chi connectivity index (χ1n) is 6.18. The van der Waals surface area contributed by atoms with E-state index in [4.69, 9.17) is 4.42 Å². The Bertz CT molecular complexity index is 913. The van der Waals surface area contributed by atoms with Crippen molar-refractivity contribution in [3.63, 3.8) is 0 Å². The van der Waals surface area contributed by atoms with Gasteiger partial charge in [0.1, 0.15) is 11.5 Å². The Kier molecular flexibility index (Phi) is 3.63. The molecule has 0 bridgehead atoms. The summed E-state index contributed by atoms with van der Waals surface area (Å²) in [6, 6.07) is 10.1. The van der Waals surface area contributed by atoms with Crippen molar-refractivity contribution in [3.8, 4) is 17.1 Å².